The predicted molar refractivity (Wildman–Crippen MR) is 42.8 cm³/mol. The van der Waals surface area contributed by atoms with E-state index in [9.17, 15) is 0 Å². The van der Waals surface area contributed by atoms with Crippen molar-refractivity contribution < 1.29 is 5.11 Å². The molecule has 0 unspecified atom stereocenters. The SMILES string of the molecule is OC/C1=C/C=C\CCCC1. The van der Waals surface area contributed by atoms with E-state index < -0.39 is 0 Å². The topological polar surface area (TPSA) is 20.2 Å². The Balaban J connectivity index is 2.49. The molecule has 0 aromatic rings. The fourth-order valence-electron chi connectivity index (χ4n) is 1.13. The Morgan fingerprint density at radius 2 is 2.30 bits per heavy atom. The molecule has 1 rings (SSSR count). The molecule has 1 heteroatoms. The number of rotatable bonds is 1. The molecular formula is C9H14O. The maximum Gasteiger partial charge on any atom is 0.0644 e. The van der Waals surface area contributed by atoms with Crippen molar-refractivity contribution in [1.82, 2.24) is 0 Å². The van der Waals surface area contributed by atoms with Gasteiger partial charge >= 0.3 is 0 Å². The summed E-state index contributed by atoms with van der Waals surface area (Å²) in [5, 5.41) is 8.81. The van der Waals surface area contributed by atoms with E-state index in [1.165, 1.54) is 19.3 Å². The first-order valence-electron chi connectivity index (χ1n) is 3.89. The van der Waals surface area contributed by atoms with Crippen LogP contribution in [-0.2, 0) is 0 Å². The summed E-state index contributed by atoms with van der Waals surface area (Å²) in [6.07, 6.45) is 11.0. The third kappa shape index (κ3) is 2.36. The van der Waals surface area contributed by atoms with Crippen LogP contribution in [0.1, 0.15) is 25.7 Å². The molecule has 0 aliphatic heterocycles. The first-order valence-corrected chi connectivity index (χ1v) is 3.89. The van der Waals surface area contributed by atoms with E-state index in [1.807, 2.05) is 12.2 Å². The molecule has 10 heavy (non-hydrogen) atoms. The molecule has 0 radical (unpaired) electrons. The van der Waals surface area contributed by atoms with Gasteiger partial charge in [-0.3, -0.25) is 0 Å². The zero-order chi connectivity index (χ0) is 7.23. The number of aliphatic hydroxyl groups excluding tert-OH is 1. The fraction of sp³-hybridized carbons (Fsp3) is 0.556. The Hall–Kier alpha value is -0.560. The number of aliphatic hydroxyl groups is 1. The minimum Gasteiger partial charge on any atom is -0.392 e. The van der Waals surface area contributed by atoms with Gasteiger partial charge in [-0.05, 0) is 31.3 Å². The Kier molecular flexibility index (Phi) is 3.23. The zero-order valence-electron chi connectivity index (χ0n) is 6.21. The smallest absolute Gasteiger partial charge is 0.0644 e. The molecule has 1 aliphatic rings. The fourth-order valence-corrected chi connectivity index (χ4v) is 1.13. The normalized spacial score (nSPS) is 27.9. The summed E-state index contributed by atoms with van der Waals surface area (Å²) in [6.45, 7) is 0.227. The van der Waals surface area contributed by atoms with Crippen molar-refractivity contribution in [1.29, 1.82) is 0 Å². The van der Waals surface area contributed by atoms with Crippen LogP contribution < -0.4 is 0 Å². The second kappa shape index (κ2) is 4.29. The molecule has 0 amide bonds. The van der Waals surface area contributed by atoms with Crippen LogP contribution in [0.2, 0.25) is 0 Å². The molecule has 0 aromatic carbocycles. The van der Waals surface area contributed by atoms with E-state index in [0.29, 0.717) is 0 Å². The van der Waals surface area contributed by atoms with Gasteiger partial charge in [0.1, 0.15) is 0 Å². The van der Waals surface area contributed by atoms with Gasteiger partial charge in [-0.2, -0.15) is 0 Å². The monoisotopic (exact) mass is 138 g/mol. The van der Waals surface area contributed by atoms with Gasteiger partial charge in [-0.25, -0.2) is 0 Å². The van der Waals surface area contributed by atoms with E-state index in [4.69, 9.17) is 5.11 Å². The molecule has 0 heterocycles. The molecule has 0 spiro atoms. The molecule has 1 nitrogen and oxygen atoms in total. The summed E-state index contributed by atoms with van der Waals surface area (Å²) in [6, 6.07) is 0. The van der Waals surface area contributed by atoms with Crippen molar-refractivity contribution >= 4 is 0 Å². The lowest BCUT2D eigenvalue weighted by Gasteiger charge is -2.04. The van der Waals surface area contributed by atoms with Gasteiger partial charge in [0.25, 0.3) is 0 Å². The summed E-state index contributed by atoms with van der Waals surface area (Å²) in [7, 11) is 0. The van der Waals surface area contributed by atoms with Crippen molar-refractivity contribution in [2.24, 2.45) is 0 Å². The Morgan fingerprint density at radius 3 is 3.10 bits per heavy atom. The quantitative estimate of drug-likeness (QED) is 0.588. The second-order valence-corrected chi connectivity index (χ2v) is 2.66. The second-order valence-electron chi connectivity index (χ2n) is 2.66. The average molecular weight is 138 g/mol. The van der Waals surface area contributed by atoms with Crippen molar-refractivity contribution in [3.63, 3.8) is 0 Å². The molecule has 0 atom stereocenters. The van der Waals surface area contributed by atoms with Gasteiger partial charge in [-0.1, -0.05) is 18.2 Å². The number of hydrogen-bond donors (Lipinski definition) is 1. The minimum atomic E-state index is 0.227. The van der Waals surface area contributed by atoms with E-state index in [1.54, 1.807) is 0 Å². The van der Waals surface area contributed by atoms with Gasteiger partial charge in [-0.15, -0.1) is 0 Å². The third-order valence-electron chi connectivity index (χ3n) is 1.79. The Bertz CT molecular complexity index is 145. The van der Waals surface area contributed by atoms with Gasteiger partial charge in [0.2, 0.25) is 0 Å². The van der Waals surface area contributed by atoms with Crippen LogP contribution in [0.3, 0.4) is 0 Å². The van der Waals surface area contributed by atoms with Crippen LogP contribution in [0, 0.1) is 0 Å². The van der Waals surface area contributed by atoms with E-state index in [0.717, 1.165) is 12.0 Å². The van der Waals surface area contributed by atoms with Crippen molar-refractivity contribution in [2.45, 2.75) is 25.7 Å². The number of hydrogen-bond acceptors (Lipinski definition) is 1. The predicted octanol–water partition coefficient (Wildman–Crippen LogP) is 2.04. The van der Waals surface area contributed by atoms with E-state index in [2.05, 4.69) is 6.08 Å². The highest BCUT2D eigenvalue weighted by atomic mass is 16.3. The third-order valence-corrected chi connectivity index (χ3v) is 1.79. The molecule has 0 aromatic heterocycles. The first-order chi connectivity index (χ1) is 4.93. The molecule has 56 valence electrons. The molecule has 0 fully saturated rings. The molecule has 0 saturated heterocycles. The minimum absolute atomic E-state index is 0.227. The van der Waals surface area contributed by atoms with Gasteiger partial charge < -0.3 is 5.11 Å². The summed E-state index contributed by atoms with van der Waals surface area (Å²) >= 11 is 0. The molecule has 1 aliphatic carbocycles. The molecule has 1 N–H and O–H groups in total. The summed E-state index contributed by atoms with van der Waals surface area (Å²) in [5.41, 5.74) is 1.16. The van der Waals surface area contributed by atoms with Crippen LogP contribution in [0.15, 0.2) is 23.8 Å². The Labute approximate surface area is 62.1 Å². The molecule has 0 saturated carbocycles. The van der Waals surface area contributed by atoms with Crippen LogP contribution in [0.25, 0.3) is 0 Å². The Morgan fingerprint density at radius 1 is 1.40 bits per heavy atom. The van der Waals surface area contributed by atoms with E-state index in [-0.39, 0.29) is 6.61 Å². The number of allylic oxidation sites excluding steroid dienone is 3. The summed E-state index contributed by atoms with van der Waals surface area (Å²) in [4.78, 5) is 0. The summed E-state index contributed by atoms with van der Waals surface area (Å²) in [5.74, 6) is 0. The van der Waals surface area contributed by atoms with Crippen LogP contribution >= 0.6 is 0 Å². The lowest BCUT2D eigenvalue weighted by Crippen LogP contribution is -1.91. The first kappa shape index (κ1) is 7.55. The maximum absolute atomic E-state index is 8.81. The van der Waals surface area contributed by atoms with Crippen molar-refractivity contribution in [3.8, 4) is 0 Å². The van der Waals surface area contributed by atoms with Crippen LogP contribution in [0.4, 0.5) is 0 Å². The van der Waals surface area contributed by atoms with Crippen molar-refractivity contribution in [3.05, 3.63) is 23.8 Å². The molecular weight excluding hydrogens is 124 g/mol. The standard InChI is InChI=1S/C9H14O/c10-8-9-6-4-2-1-3-5-7-9/h2,4,6,10H,1,3,5,7-8H2/b4-2-,9-6+. The largest absolute Gasteiger partial charge is 0.392 e. The average Bonchev–Trinajstić information content (AvgIpc) is 1.87. The highest BCUT2D eigenvalue weighted by Gasteiger charge is 1.95. The lowest BCUT2D eigenvalue weighted by molar-refractivity contribution is 0.325. The molecule has 0 bridgehead atoms. The summed E-state index contributed by atoms with van der Waals surface area (Å²) < 4.78 is 0. The highest BCUT2D eigenvalue weighted by Crippen LogP contribution is 2.11. The van der Waals surface area contributed by atoms with Gasteiger partial charge in [0, 0.05) is 0 Å². The lowest BCUT2D eigenvalue weighted by atomic mass is 10.0. The van der Waals surface area contributed by atoms with Crippen molar-refractivity contribution in [2.75, 3.05) is 6.61 Å². The van der Waals surface area contributed by atoms with Gasteiger partial charge in [0.05, 0.1) is 6.61 Å². The van der Waals surface area contributed by atoms with Crippen LogP contribution in [0.5, 0.6) is 0 Å². The maximum atomic E-state index is 8.81. The highest BCUT2D eigenvalue weighted by molar-refractivity contribution is 5.13. The van der Waals surface area contributed by atoms with E-state index >= 15 is 0 Å². The van der Waals surface area contributed by atoms with Gasteiger partial charge in [0.15, 0.2) is 0 Å². The van der Waals surface area contributed by atoms with Crippen LogP contribution in [-0.4, -0.2) is 11.7 Å². The zero-order valence-corrected chi connectivity index (χ0v) is 6.21.